The number of nitrogens with zero attached hydrogens (tertiary/aromatic N) is 1. The molecule has 0 aliphatic carbocycles. The van der Waals surface area contributed by atoms with Crippen molar-refractivity contribution in [2.75, 3.05) is 0 Å². The maximum Gasteiger partial charge on any atom is 0.229 e. The predicted octanol–water partition coefficient (Wildman–Crippen LogP) is 7.73. The van der Waals surface area contributed by atoms with Crippen molar-refractivity contribution >= 4 is 11.8 Å². The van der Waals surface area contributed by atoms with Gasteiger partial charge in [0.2, 0.25) is 11.8 Å². The second-order valence-electron chi connectivity index (χ2n) is 9.01. The molecule has 0 saturated carbocycles. The van der Waals surface area contributed by atoms with Crippen LogP contribution in [-0.2, 0) is 9.59 Å². The fraction of sp³-hybridized carbons (Fsp3) is 0.846. The summed E-state index contributed by atoms with van der Waals surface area (Å²) in [6, 6.07) is 0.112. The zero-order valence-corrected chi connectivity index (χ0v) is 19.6. The van der Waals surface area contributed by atoms with E-state index in [1.165, 1.54) is 76.2 Å². The van der Waals surface area contributed by atoms with Crippen molar-refractivity contribution < 1.29 is 9.59 Å². The van der Waals surface area contributed by atoms with Gasteiger partial charge in [-0.1, -0.05) is 103 Å². The summed E-state index contributed by atoms with van der Waals surface area (Å²) in [5.74, 6) is 0.108. The fourth-order valence-corrected chi connectivity index (χ4v) is 4.33. The van der Waals surface area contributed by atoms with E-state index in [9.17, 15) is 9.59 Å². The van der Waals surface area contributed by atoms with Gasteiger partial charge in [0.1, 0.15) is 0 Å². The van der Waals surface area contributed by atoms with E-state index in [4.69, 9.17) is 0 Å². The van der Waals surface area contributed by atoms with E-state index < -0.39 is 0 Å². The lowest BCUT2D eigenvalue weighted by atomic mass is 9.98. The average Bonchev–Trinajstić information content (AvgIpc) is 3.05. The molecule has 0 spiro atoms. The summed E-state index contributed by atoms with van der Waals surface area (Å²) >= 11 is 0. The molecule has 1 fully saturated rings. The molecule has 1 aliphatic rings. The van der Waals surface area contributed by atoms with Gasteiger partial charge in [0.15, 0.2) is 0 Å². The lowest BCUT2D eigenvalue weighted by molar-refractivity contribution is -0.141. The Balaban J connectivity index is 2.27. The predicted molar refractivity (Wildman–Crippen MR) is 124 cm³/mol. The maximum absolute atomic E-state index is 12.2. The van der Waals surface area contributed by atoms with Gasteiger partial charge in [0.05, 0.1) is 0 Å². The Bertz CT molecular complexity index is 467. The Morgan fingerprint density at radius 2 is 1.31 bits per heavy atom. The van der Waals surface area contributed by atoms with Crippen molar-refractivity contribution in [3.05, 3.63) is 11.6 Å². The van der Waals surface area contributed by atoms with E-state index in [1.54, 1.807) is 4.90 Å². The number of allylic oxidation sites excluding steroid dienone is 2. The minimum atomic E-state index is 0.0539. The highest BCUT2D eigenvalue weighted by Gasteiger charge is 2.34. The quantitative estimate of drug-likeness (QED) is 0.133. The van der Waals surface area contributed by atoms with Gasteiger partial charge < -0.3 is 0 Å². The van der Waals surface area contributed by atoms with Crippen LogP contribution >= 0.6 is 0 Å². The number of unbranched alkanes of at least 4 members (excludes halogenated alkanes) is 11. The lowest BCUT2D eigenvalue weighted by Crippen LogP contribution is -2.39. The Labute approximate surface area is 180 Å². The molecule has 0 radical (unpaired) electrons. The van der Waals surface area contributed by atoms with Crippen LogP contribution in [0.25, 0.3) is 0 Å². The third-order valence-corrected chi connectivity index (χ3v) is 6.25. The van der Waals surface area contributed by atoms with Crippen molar-refractivity contribution in [3.63, 3.8) is 0 Å². The summed E-state index contributed by atoms with van der Waals surface area (Å²) < 4.78 is 0. The van der Waals surface area contributed by atoms with Crippen molar-refractivity contribution in [2.24, 2.45) is 0 Å². The standard InChI is InChI=1S/C26H47NO2/c1-4-6-8-9-10-11-12-13-14-15-16-18-24(20-19-23(3)17-7-5-2)27-25(28)21-22-26(27)29/h17,24H,4-16,18-22H2,1-3H3/b23-17+. The number of likely N-dealkylation sites (tertiary alicyclic amines) is 1. The van der Waals surface area contributed by atoms with Crippen LogP contribution in [0.4, 0.5) is 0 Å². The number of carbonyl (C=O) groups excluding carboxylic acids is 2. The number of imide groups is 1. The number of carbonyl (C=O) groups is 2. The van der Waals surface area contributed by atoms with E-state index in [0.29, 0.717) is 12.8 Å². The molecule has 1 atom stereocenters. The number of hydrogen-bond acceptors (Lipinski definition) is 2. The van der Waals surface area contributed by atoms with Crippen LogP contribution in [0.5, 0.6) is 0 Å². The van der Waals surface area contributed by atoms with E-state index in [2.05, 4.69) is 26.8 Å². The summed E-state index contributed by atoms with van der Waals surface area (Å²) in [5, 5.41) is 0. The van der Waals surface area contributed by atoms with E-state index in [-0.39, 0.29) is 17.9 Å². The fourth-order valence-electron chi connectivity index (χ4n) is 4.33. The molecule has 2 amide bonds. The van der Waals surface area contributed by atoms with Gasteiger partial charge in [-0.25, -0.2) is 0 Å². The molecule has 0 N–H and O–H groups in total. The minimum Gasteiger partial charge on any atom is -0.279 e. The minimum absolute atomic E-state index is 0.0539. The van der Waals surface area contributed by atoms with Crippen LogP contribution in [0.3, 0.4) is 0 Å². The van der Waals surface area contributed by atoms with E-state index in [1.807, 2.05) is 0 Å². The SMILES string of the molecule is CCC/C=C(\C)CCC(CCCCCCCCCCCCC)N1C(=O)CCC1=O. The van der Waals surface area contributed by atoms with Gasteiger partial charge in [-0.3, -0.25) is 14.5 Å². The summed E-state index contributed by atoms with van der Waals surface area (Å²) in [7, 11) is 0. The van der Waals surface area contributed by atoms with Crippen molar-refractivity contribution in [1.82, 2.24) is 4.90 Å². The van der Waals surface area contributed by atoms with Gasteiger partial charge in [-0.05, 0) is 32.6 Å². The van der Waals surface area contributed by atoms with Gasteiger partial charge in [0, 0.05) is 18.9 Å². The van der Waals surface area contributed by atoms with Crippen LogP contribution in [0.1, 0.15) is 136 Å². The Morgan fingerprint density at radius 3 is 1.83 bits per heavy atom. The molecule has 1 rings (SSSR count). The zero-order chi connectivity index (χ0) is 21.3. The van der Waals surface area contributed by atoms with Gasteiger partial charge >= 0.3 is 0 Å². The molecule has 0 aromatic carbocycles. The molecule has 1 unspecified atom stereocenters. The summed E-state index contributed by atoms with van der Waals surface area (Å²) in [6.07, 6.45) is 23.0. The lowest BCUT2D eigenvalue weighted by Gasteiger charge is -2.26. The summed E-state index contributed by atoms with van der Waals surface area (Å²) in [6.45, 7) is 6.65. The monoisotopic (exact) mass is 405 g/mol. The molecule has 168 valence electrons. The average molecular weight is 406 g/mol. The Hall–Kier alpha value is -1.12. The van der Waals surface area contributed by atoms with Crippen LogP contribution < -0.4 is 0 Å². The van der Waals surface area contributed by atoms with Crippen molar-refractivity contribution in [2.45, 2.75) is 142 Å². The molecular weight excluding hydrogens is 358 g/mol. The number of rotatable bonds is 18. The molecule has 3 heteroatoms. The third-order valence-electron chi connectivity index (χ3n) is 6.25. The van der Waals surface area contributed by atoms with E-state index in [0.717, 1.165) is 32.1 Å². The first-order valence-electron chi connectivity index (χ1n) is 12.6. The number of amides is 2. The Morgan fingerprint density at radius 1 is 0.793 bits per heavy atom. The smallest absolute Gasteiger partial charge is 0.229 e. The molecule has 1 aliphatic heterocycles. The van der Waals surface area contributed by atoms with Crippen LogP contribution in [0.15, 0.2) is 11.6 Å². The molecule has 3 nitrogen and oxygen atoms in total. The van der Waals surface area contributed by atoms with Gasteiger partial charge in [0.25, 0.3) is 0 Å². The second kappa shape index (κ2) is 16.7. The maximum atomic E-state index is 12.2. The van der Waals surface area contributed by atoms with Crippen molar-refractivity contribution in [1.29, 1.82) is 0 Å². The van der Waals surface area contributed by atoms with E-state index >= 15 is 0 Å². The molecule has 0 aromatic heterocycles. The highest BCUT2D eigenvalue weighted by Crippen LogP contribution is 2.24. The van der Waals surface area contributed by atoms with Gasteiger partial charge in [-0.15, -0.1) is 0 Å². The third kappa shape index (κ3) is 11.6. The zero-order valence-electron chi connectivity index (χ0n) is 19.6. The second-order valence-corrected chi connectivity index (χ2v) is 9.01. The molecule has 29 heavy (non-hydrogen) atoms. The molecular formula is C26H47NO2. The highest BCUT2D eigenvalue weighted by atomic mass is 16.2. The first-order valence-corrected chi connectivity index (χ1v) is 12.6. The first-order chi connectivity index (χ1) is 14.1. The van der Waals surface area contributed by atoms with Crippen LogP contribution in [-0.4, -0.2) is 22.8 Å². The summed E-state index contributed by atoms with van der Waals surface area (Å²) in [5.41, 5.74) is 1.40. The van der Waals surface area contributed by atoms with Crippen molar-refractivity contribution in [3.8, 4) is 0 Å². The molecule has 1 heterocycles. The molecule has 0 bridgehead atoms. The largest absolute Gasteiger partial charge is 0.279 e. The topological polar surface area (TPSA) is 37.4 Å². The molecule has 1 saturated heterocycles. The highest BCUT2D eigenvalue weighted by molar-refractivity contribution is 6.02. The van der Waals surface area contributed by atoms with Gasteiger partial charge in [-0.2, -0.15) is 0 Å². The normalized spacial score (nSPS) is 16.1. The number of hydrogen-bond donors (Lipinski definition) is 0. The summed E-state index contributed by atoms with van der Waals surface area (Å²) in [4.78, 5) is 26.1. The Kier molecular flexibility index (Phi) is 14.9. The first kappa shape index (κ1) is 25.9. The molecule has 0 aromatic rings. The van der Waals surface area contributed by atoms with Crippen LogP contribution in [0.2, 0.25) is 0 Å². The van der Waals surface area contributed by atoms with Crippen LogP contribution in [0, 0.1) is 0 Å².